The highest BCUT2D eigenvalue weighted by Gasteiger charge is 2.41. The molecule has 2 radical (unpaired) electrons. The molecule has 0 saturated carbocycles. The first-order valence-electron chi connectivity index (χ1n) is 5.18. The van der Waals surface area contributed by atoms with Crippen molar-refractivity contribution in [3.8, 4) is 0 Å². The smallest absolute Gasteiger partial charge is 0.112 e. The fraction of sp³-hybridized carbons (Fsp3) is 1.00. The molecule has 0 amide bonds. The van der Waals surface area contributed by atoms with E-state index in [-0.39, 0.29) is 19.3 Å². The molecule has 0 bridgehead atoms. The van der Waals surface area contributed by atoms with Crippen LogP contribution in [-0.4, -0.2) is 75.3 Å². The number of methoxy groups -OCH3 is 1. The first-order chi connectivity index (χ1) is 7.63. The van der Waals surface area contributed by atoms with Crippen LogP contribution in [-0.2, 0) is 14.2 Å². The summed E-state index contributed by atoms with van der Waals surface area (Å²) < 4.78 is 15.5. The zero-order valence-corrected chi connectivity index (χ0v) is 9.28. The Labute approximate surface area is 96.1 Å². The molecule has 7 heteroatoms. The van der Waals surface area contributed by atoms with Gasteiger partial charge in [0.1, 0.15) is 26.2 Å². The molecule has 0 spiro atoms. The fourth-order valence-electron chi connectivity index (χ4n) is 1.56. The predicted molar refractivity (Wildman–Crippen MR) is 57.1 cm³/mol. The minimum absolute atomic E-state index is 0.226. The third kappa shape index (κ3) is 3.16. The minimum Gasteiger partial charge on any atom is -0.394 e. The first kappa shape index (κ1) is 13.9. The van der Waals surface area contributed by atoms with Crippen LogP contribution in [0.3, 0.4) is 0 Å². The number of hydrogen-bond donors (Lipinski definition) is 3. The van der Waals surface area contributed by atoms with Crippen LogP contribution in [0.15, 0.2) is 0 Å². The van der Waals surface area contributed by atoms with Crippen LogP contribution in [0.1, 0.15) is 0 Å². The summed E-state index contributed by atoms with van der Waals surface area (Å²) in [5.41, 5.74) is 5.42. The van der Waals surface area contributed by atoms with Crippen molar-refractivity contribution in [2.75, 3.05) is 26.9 Å². The highest BCUT2D eigenvalue weighted by molar-refractivity contribution is 6.11. The Kier molecular flexibility index (Phi) is 5.67. The number of aliphatic hydroxyl groups is 2. The van der Waals surface area contributed by atoms with Gasteiger partial charge in [-0.25, -0.2) is 0 Å². The molecule has 4 N–H and O–H groups in total. The zero-order chi connectivity index (χ0) is 12.1. The van der Waals surface area contributed by atoms with Crippen molar-refractivity contribution >= 4 is 7.85 Å². The van der Waals surface area contributed by atoms with Crippen LogP contribution in [0, 0.1) is 0 Å². The molecule has 92 valence electrons. The summed E-state index contributed by atoms with van der Waals surface area (Å²) >= 11 is 0. The maximum absolute atomic E-state index is 9.72. The summed E-state index contributed by atoms with van der Waals surface area (Å²) in [5, 5.41) is 18.6. The molecule has 1 rings (SSSR count). The molecule has 0 aliphatic carbocycles. The fourth-order valence-corrected chi connectivity index (χ4v) is 1.56. The molecule has 0 aromatic carbocycles. The van der Waals surface area contributed by atoms with Crippen molar-refractivity contribution in [1.82, 2.24) is 0 Å². The van der Waals surface area contributed by atoms with E-state index in [1.165, 1.54) is 7.11 Å². The molecular weight excluding hydrogens is 213 g/mol. The highest BCUT2D eigenvalue weighted by atomic mass is 16.6. The SMILES string of the molecule is [B][C@@H]1O[C@H](CO)C(O)C1OCC(CN)OC. The third-order valence-corrected chi connectivity index (χ3v) is 2.62. The van der Waals surface area contributed by atoms with Gasteiger partial charge >= 0.3 is 0 Å². The summed E-state index contributed by atoms with van der Waals surface area (Å²) in [6, 6.07) is -0.748. The normalized spacial score (nSPS) is 36.5. The van der Waals surface area contributed by atoms with Crippen LogP contribution < -0.4 is 5.73 Å². The average molecular weight is 231 g/mol. The average Bonchev–Trinajstić information content (AvgIpc) is 2.56. The van der Waals surface area contributed by atoms with Gasteiger partial charge in [-0.2, -0.15) is 0 Å². The summed E-state index contributed by atoms with van der Waals surface area (Å²) in [6.45, 7) is 0.252. The Balaban J connectivity index is 2.41. The van der Waals surface area contributed by atoms with Crippen LogP contribution in [0.25, 0.3) is 0 Å². The number of ether oxygens (including phenoxy) is 3. The van der Waals surface area contributed by atoms with Crippen LogP contribution in [0.5, 0.6) is 0 Å². The molecule has 16 heavy (non-hydrogen) atoms. The summed E-state index contributed by atoms with van der Waals surface area (Å²) in [4.78, 5) is 0. The lowest BCUT2D eigenvalue weighted by Crippen LogP contribution is -2.39. The van der Waals surface area contributed by atoms with Crippen molar-refractivity contribution in [3.63, 3.8) is 0 Å². The zero-order valence-electron chi connectivity index (χ0n) is 9.28. The number of hydrogen-bond acceptors (Lipinski definition) is 6. The van der Waals surface area contributed by atoms with E-state index in [2.05, 4.69) is 0 Å². The largest absolute Gasteiger partial charge is 0.394 e. The Hall–Kier alpha value is -0.175. The van der Waals surface area contributed by atoms with E-state index >= 15 is 0 Å². The molecule has 0 aromatic heterocycles. The molecule has 0 aromatic rings. The van der Waals surface area contributed by atoms with Gasteiger partial charge in [0.15, 0.2) is 0 Å². The number of rotatable bonds is 6. The number of aliphatic hydroxyl groups excluding tert-OH is 2. The van der Waals surface area contributed by atoms with Gasteiger partial charge in [0.05, 0.1) is 19.3 Å². The van der Waals surface area contributed by atoms with Crippen LogP contribution in [0.4, 0.5) is 0 Å². The van der Waals surface area contributed by atoms with Gasteiger partial charge in [0, 0.05) is 19.7 Å². The molecule has 1 fully saturated rings. The molecule has 6 nitrogen and oxygen atoms in total. The lowest BCUT2D eigenvalue weighted by molar-refractivity contribution is -0.0632. The van der Waals surface area contributed by atoms with Crippen molar-refractivity contribution in [2.24, 2.45) is 5.73 Å². The van der Waals surface area contributed by atoms with Gasteiger partial charge in [0.25, 0.3) is 0 Å². The second kappa shape index (κ2) is 6.53. The Bertz CT molecular complexity index is 204. The topological polar surface area (TPSA) is 94.2 Å². The van der Waals surface area contributed by atoms with E-state index in [1.54, 1.807) is 0 Å². The van der Waals surface area contributed by atoms with Gasteiger partial charge in [-0.3, -0.25) is 0 Å². The van der Waals surface area contributed by atoms with Crippen molar-refractivity contribution in [1.29, 1.82) is 0 Å². The van der Waals surface area contributed by atoms with Crippen molar-refractivity contribution < 1.29 is 24.4 Å². The molecule has 1 saturated heterocycles. The van der Waals surface area contributed by atoms with Crippen molar-refractivity contribution in [2.45, 2.75) is 30.4 Å². The van der Waals surface area contributed by atoms with E-state index in [0.717, 1.165) is 0 Å². The van der Waals surface area contributed by atoms with Gasteiger partial charge in [-0.15, -0.1) is 0 Å². The molecule has 1 heterocycles. The second-order valence-corrected chi connectivity index (χ2v) is 3.70. The molecular formula is C9H18BNO5. The summed E-state index contributed by atoms with van der Waals surface area (Å²) in [6.07, 6.45) is -2.54. The van der Waals surface area contributed by atoms with Gasteiger partial charge in [-0.1, -0.05) is 0 Å². The van der Waals surface area contributed by atoms with Crippen molar-refractivity contribution in [3.05, 3.63) is 0 Å². The predicted octanol–water partition coefficient (Wildman–Crippen LogP) is -2.41. The highest BCUT2D eigenvalue weighted by Crippen LogP contribution is 2.22. The van der Waals surface area contributed by atoms with E-state index in [4.69, 9.17) is 32.9 Å². The van der Waals surface area contributed by atoms with E-state index < -0.39 is 24.3 Å². The Morgan fingerprint density at radius 1 is 1.56 bits per heavy atom. The second-order valence-electron chi connectivity index (χ2n) is 3.70. The molecule has 3 unspecified atom stereocenters. The lowest BCUT2D eigenvalue weighted by Gasteiger charge is -2.21. The molecule has 1 aliphatic rings. The van der Waals surface area contributed by atoms with Gasteiger partial charge < -0.3 is 30.2 Å². The summed E-state index contributed by atoms with van der Waals surface area (Å²) in [7, 11) is 7.14. The van der Waals surface area contributed by atoms with Gasteiger partial charge in [-0.05, 0) is 0 Å². The standard InChI is InChI=1S/C9H18BNO5/c1-14-5(2-11)4-15-8-7(13)6(3-12)16-9(8)10/h5-9,12-13H,2-4,11H2,1H3/t5?,6-,7?,8?,9-/m1/s1. The minimum atomic E-state index is -0.935. The Morgan fingerprint density at radius 3 is 2.69 bits per heavy atom. The van der Waals surface area contributed by atoms with E-state index in [1.807, 2.05) is 0 Å². The van der Waals surface area contributed by atoms with Crippen LogP contribution in [0.2, 0.25) is 0 Å². The summed E-state index contributed by atoms with van der Waals surface area (Å²) in [5.74, 6) is 0. The van der Waals surface area contributed by atoms with Gasteiger partial charge in [0.2, 0.25) is 0 Å². The lowest BCUT2D eigenvalue weighted by atomic mass is 9.93. The molecule has 1 aliphatic heterocycles. The first-order valence-corrected chi connectivity index (χ1v) is 5.18. The number of nitrogens with two attached hydrogens (primary N) is 1. The Morgan fingerprint density at radius 2 is 2.25 bits per heavy atom. The van der Waals surface area contributed by atoms with Crippen LogP contribution >= 0.6 is 0 Å². The maximum atomic E-state index is 9.72. The third-order valence-electron chi connectivity index (χ3n) is 2.62. The quantitative estimate of drug-likeness (QED) is 0.441. The molecule has 5 atom stereocenters. The maximum Gasteiger partial charge on any atom is 0.112 e. The van der Waals surface area contributed by atoms with E-state index in [9.17, 15) is 5.11 Å². The van der Waals surface area contributed by atoms with E-state index in [0.29, 0.717) is 6.54 Å². The monoisotopic (exact) mass is 231 g/mol.